The Hall–Kier alpha value is -4.72. The number of para-hydroxylation sites is 1. The molecule has 4 aromatic rings. The Morgan fingerprint density at radius 2 is 1.78 bits per heavy atom. The average molecular weight is 499 g/mol. The molecular formula is C29H26N2O6. The number of aliphatic hydroxyl groups is 1. The molecule has 0 saturated carbocycles. The molecule has 2 heterocycles. The molecule has 1 amide bonds. The molecule has 1 aromatic heterocycles. The van der Waals surface area contributed by atoms with E-state index < -0.39 is 17.7 Å². The van der Waals surface area contributed by atoms with Crippen LogP contribution in [0.4, 0.5) is 5.69 Å². The van der Waals surface area contributed by atoms with Crippen molar-refractivity contribution in [3.05, 3.63) is 89.6 Å². The number of carbonyl (C=O) groups is 2. The van der Waals surface area contributed by atoms with Gasteiger partial charge in [0, 0.05) is 40.5 Å². The van der Waals surface area contributed by atoms with Crippen molar-refractivity contribution in [3.63, 3.8) is 0 Å². The lowest BCUT2D eigenvalue weighted by Gasteiger charge is -2.25. The summed E-state index contributed by atoms with van der Waals surface area (Å²) in [5.41, 5.74) is 2.22. The van der Waals surface area contributed by atoms with Gasteiger partial charge in [-0.25, -0.2) is 0 Å². The van der Waals surface area contributed by atoms with Gasteiger partial charge in [-0.3, -0.25) is 14.5 Å². The number of methoxy groups -OCH3 is 2. The zero-order chi connectivity index (χ0) is 26.1. The summed E-state index contributed by atoms with van der Waals surface area (Å²) in [6.07, 6.45) is 1.76. The van der Waals surface area contributed by atoms with Crippen molar-refractivity contribution in [2.45, 2.75) is 13.0 Å². The number of rotatable bonds is 7. The van der Waals surface area contributed by atoms with Gasteiger partial charge in [0.2, 0.25) is 0 Å². The summed E-state index contributed by atoms with van der Waals surface area (Å²) in [4.78, 5) is 31.7. The molecule has 0 spiro atoms. The largest absolute Gasteiger partial charge is 0.507 e. The molecule has 1 atom stereocenters. The van der Waals surface area contributed by atoms with Crippen LogP contribution < -0.4 is 19.1 Å². The van der Waals surface area contributed by atoms with Gasteiger partial charge in [0.1, 0.15) is 23.0 Å². The Morgan fingerprint density at radius 1 is 0.973 bits per heavy atom. The first kappa shape index (κ1) is 24.0. The molecule has 0 aliphatic carbocycles. The highest BCUT2D eigenvalue weighted by Gasteiger charge is 2.48. The molecule has 37 heavy (non-hydrogen) atoms. The maximum absolute atomic E-state index is 13.6. The van der Waals surface area contributed by atoms with Crippen LogP contribution in [0.15, 0.2) is 78.5 Å². The fraction of sp³-hybridized carbons (Fsp3) is 0.172. The Kier molecular flexibility index (Phi) is 6.31. The zero-order valence-corrected chi connectivity index (χ0v) is 20.6. The Bertz CT molecular complexity index is 1540. The number of fused-ring (bicyclic) bond motifs is 1. The van der Waals surface area contributed by atoms with Crippen LogP contribution in [-0.2, 0) is 9.59 Å². The highest BCUT2D eigenvalue weighted by molar-refractivity contribution is 6.52. The van der Waals surface area contributed by atoms with Gasteiger partial charge in [0.25, 0.3) is 11.7 Å². The Labute approximate surface area is 213 Å². The number of hydrogen-bond acceptors (Lipinski definition) is 6. The zero-order valence-electron chi connectivity index (χ0n) is 20.6. The van der Waals surface area contributed by atoms with Crippen molar-refractivity contribution < 1.29 is 28.9 Å². The molecule has 0 radical (unpaired) electrons. The van der Waals surface area contributed by atoms with E-state index in [0.717, 1.165) is 10.9 Å². The van der Waals surface area contributed by atoms with Crippen molar-refractivity contribution in [1.82, 2.24) is 4.98 Å². The molecular weight excluding hydrogens is 472 g/mol. The predicted octanol–water partition coefficient (Wildman–Crippen LogP) is 5.21. The van der Waals surface area contributed by atoms with Crippen LogP contribution in [0, 0.1) is 0 Å². The number of Topliss-reactive ketones (excluding diaryl/α,β-unsaturated/α-hetero) is 1. The minimum Gasteiger partial charge on any atom is -0.507 e. The molecule has 3 aromatic carbocycles. The summed E-state index contributed by atoms with van der Waals surface area (Å²) < 4.78 is 16.4. The molecule has 1 aliphatic rings. The fourth-order valence-corrected chi connectivity index (χ4v) is 4.74. The molecule has 1 saturated heterocycles. The number of H-pyrrole nitrogens is 1. The second-order valence-electron chi connectivity index (χ2n) is 8.46. The lowest BCUT2D eigenvalue weighted by Crippen LogP contribution is -2.29. The first-order valence-electron chi connectivity index (χ1n) is 11.8. The number of aliphatic hydroxyl groups excluding tert-OH is 1. The van der Waals surface area contributed by atoms with Crippen LogP contribution in [0.3, 0.4) is 0 Å². The number of ether oxygens (including phenoxy) is 3. The molecule has 2 N–H and O–H groups in total. The van der Waals surface area contributed by atoms with Crippen LogP contribution in [0.5, 0.6) is 17.2 Å². The summed E-state index contributed by atoms with van der Waals surface area (Å²) in [6.45, 7) is 2.32. The number of carbonyl (C=O) groups excluding carboxylic acids is 2. The number of hydrogen-bond donors (Lipinski definition) is 2. The number of amides is 1. The molecule has 188 valence electrons. The predicted molar refractivity (Wildman–Crippen MR) is 140 cm³/mol. The summed E-state index contributed by atoms with van der Waals surface area (Å²) in [6, 6.07) is 18.6. The van der Waals surface area contributed by atoms with Gasteiger partial charge < -0.3 is 24.3 Å². The Morgan fingerprint density at radius 3 is 2.54 bits per heavy atom. The third-order valence-electron chi connectivity index (χ3n) is 6.43. The lowest BCUT2D eigenvalue weighted by atomic mass is 9.94. The van der Waals surface area contributed by atoms with Crippen LogP contribution in [-0.4, -0.2) is 42.6 Å². The van der Waals surface area contributed by atoms with E-state index in [0.29, 0.717) is 35.1 Å². The molecule has 8 heteroatoms. The lowest BCUT2D eigenvalue weighted by molar-refractivity contribution is -0.132. The van der Waals surface area contributed by atoms with Gasteiger partial charge >= 0.3 is 0 Å². The molecule has 1 unspecified atom stereocenters. The highest BCUT2D eigenvalue weighted by atomic mass is 16.5. The van der Waals surface area contributed by atoms with E-state index in [2.05, 4.69) is 4.98 Å². The number of benzene rings is 3. The molecule has 5 rings (SSSR count). The Balaban J connectivity index is 1.77. The maximum Gasteiger partial charge on any atom is 0.300 e. The molecule has 0 bridgehead atoms. The van der Waals surface area contributed by atoms with Crippen LogP contribution >= 0.6 is 0 Å². The van der Waals surface area contributed by atoms with Crippen molar-refractivity contribution in [2.24, 2.45) is 0 Å². The normalized spacial score (nSPS) is 16.8. The second-order valence-corrected chi connectivity index (χ2v) is 8.46. The third kappa shape index (κ3) is 4.06. The SMILES string of the molecule is CCOc1cccc(N2C(=O)C(=O)/C(=C(/O)c3ccc(OC)cc3OC)C2c2c[nH]c3ccccc23)c1. The quantitative estimate of drug-likeness (QED) is 0.206. The van der Waals surface area contributed by atoms with E-state index in [9.17, 15) is 14.7 Å². The smallest absolute Gasteiger partial charge is 0.300 e. The number of aromatic amines is 1. The highest BCUT2D eigenvalue weighted by Crippen LogP contribution is 2.45. The summed E-state index contributed by atoms with van der Waals surface area (Å²) >= 11 is 0. The van der Waals surface area contributed by atoms with Gasteiger partial charge in [-0.05, 0) is 37.3 Å². The monoisotopic (exact) mass is 498 g/mol. The number of aromatic nitrogens is 1. The second kappa shape index (κ2) is 9.73. The van der Waals surface area contributed by atoms with Crippen molar-refractivity contribution in [3.8, 4) is 17.2 Å². The van der Waals surface area contributed by atoms with Crippen LogP contribution in [0.2, 0.25) is 0 Å². The van der Waals surface area contributed by atoms with Gasteiger partial charge in [-0.2, -0.15) is 0 Å². The van der Waals surface area contributed by atoms with Crippen LogP contribution in [0.1, 0.15) is 24.1 Å². The third-order valence-corrected chi connectivity index (χ3v) is 6.43. The number of nitrogens with zero attached hydrogens (tertiary/aromatic N) is 1. The van der Waals surface area contributed by atoms with E-state index in [4.69, 9.17) is 14.2 Å². The molecule has 1 aliphatic heterocycles. The summed E-state index contributed by atoms with van der Waals surface area (Å²) in [5, 5.41) is 12.4. The van der Waals surface area contributed by atoms with Gasteiger partial charge in [0.15, 0.2) is 0 Å². The van der Waals surface area contributed by atoms with Crippen molar-refractivity contribution >= 4 is 34.0 Å². The fourth-order valence-electron chi connectivity index (χ4n) is 4.74. The van der Waals surface area contributed by atoms with Crippen LogP contribution in [0.25, 0.3) is 16.7 Å². The van der Waals surface area contributed by atoms with Gasteiger partial charge in [-0.15, -0.1) is 0 Å². The van der Waals surface area contributed by atoms with E-state index in [1.165, 1.54) is 19.1 Å². The molecule has 1 fully saturated rings. The minimum absolute atomic E-state index is 0.0416. The van der Waals surface area contributed by atoms with Crippen molar-refractivity contribution in [1.29, 1.82) is 0 Å². The maximum atomic E-state index is 13.6. The number of nitrogens with one attached hydrogen (secondary N) is 1. The van der Waals surface area contributed by atoms with Gasteiger partial charge in [0.05, 0.1) is 38.0 Å². The molecule has 8 nitrogen and oxygen atoms in total. The summed E-state index contributed by atoms with van der Waals surface area (Å²) in [7, 11) is 2.98. The van der Waals surface area contributed by atoms with E-state index >= 15 is 0 Å². The number of anilines is 1. The first-order valence-corrected chi connectivity index (χ1v) is 11.8. The number of ketones is 1. The van der Waals surface area contributed by atoms with Gasteiger partial charge in [-0.1, -0.05) is 24.3 Å². The summed E-state index contributed by atoms with van der Waals surface area (Å²) in [5.74, 6) is -0.493. The minimum atomic E-state index is -0.903. The van der Waals surface area contributed by atoms with Crippen molar-refractivity contribution in [2.75, 3.05) is 25.7 Å². The van der Waals surface area contributed by atoms with E-state index in [1.807, 2.05) is 31.2 Å². The van der Waals surface area contributed by atoms with E-state index in [-0.39, 0.29) is 16.9 Å². The van der Waals surface area contributed by atoms with E-state index in [1.54, 1.807) is 48.7 Å². The first-order chi connectivity index (χ1) is 18.0. The topological polar surface area (TPSA) is 101 Å². The average Bonchev–Trinajstić information content (AvgIpc) is 3.46. The standard InChI is InChI=1S/C29H26N2O6/c1-4-37-19-9-7-8-17(14-19)31-26(22-16-30-23-11-6-5-10-20(22)23)25(28(33)29(31)34)27(32)21-13-12-18(35-2)15-24(21)36-3/h5-16,26,30,32H,4H2,1-3H3/b27-25+.